The summed E-state index contributed by atoms with van der Waals surface area (Å²) in [5, 5.41) is 9.94. The number of fused-ring (bicyclic) bond motifs is 3. The Balaban J connectivity index is 1.16. The lowest BCUT2D eigenvalue weighted by molar-refractivity contribution is -0.143. The largest absolute Gasteiger partial charge is 0.480 e. The second-order valence-electron chi connectivity index (χ2n) is 9.70. The number of aliphatic carboxylic acids is 1. The highest BCUT2D eigenvalue weighted by Crippen LogP contribution is 2.44. The van der Waals surface area contributed by atoms with E-state index in [0.717, 1.165) is 48.3 Å². The van der Waals surface area contributed by atoms with Crippen molar-refractivity contribution in [1.82, 2.24) is 9.21 Å². The molecule has 0 unspecified atom stereocenters. The first kappa shape index (κ1) is 26.2. The number of piperazine rings is 1. The van der Waals surface area contributed by atoms with Crippen LogP contribution in [0.15, 0.2) is 95.2 Å². The van der Waals surface area contributed by atoms with Crippen LogP contribution in [0.4, 0.5) is 4.79 Å². The van der Waals surface area contributed by atoms with Crippen LogP contribution in [0.2, 0.25) is 0 Å². The van der Waals surface area contributed by atoms with Gasteiger partial charge in [0.1, 0.15) is 16.9 Å². The van der Waals surface area contributed by atoms with Crippen LogP contribution in [0.25, 0.3) is 21.6 Å². The molecular formula is C30H26N2O6S2. The average molecular weight is 575 g/mol. The van der Waals surface area contributed by atoms with Crippen LogP contribution in [0, 0.1) is 0 Å². The van der Waals surface area contributed by atoms with Gasteiger partial charge in [0, 0.05) is 23.9 Å². The maximum absolute atomic E-state index is 13.5. The molecule has 1 aromatic heterocycles. The molecule has 1 saturated heterocycles. The summed E-state index contributed by atoms with van der Waals surface area (Å²) in [7, 11) is -4.09. The lowest BCUT2D eigenvalue weighted by atomic mass is 9.98. The molecule has 2 heterocycles. The molecule has 1 atom stereocenters. The van der Waals surface area contributed by atoms with E-state index in [-0.39, 0.29) is 36.4 Å². The van der Waals surface area contributed by atoms with E-state index in [1.54, 1.807) is 6.07 Å². The number of amides is 1. The number of rotatable bonds is 6. The first-order valence-electron chi connectivity index (χ1n) is 12.8. The summed E-state index contributed by atoms with van der Waals surface area (Å²) in [6.07, 6.45) is -0.660. The van der Waals surface area contributed by atoms with Crippen molar-refractivity contribution in [2.75, 3.05) is 26.2 Å². The average Bonchev–Trinajstić information content (AvgIpc) is 3.60. The first-order valence-corrected chi connectivity index (χ1v) is 15.1. The molecule has 0 spiro atoms. The fourth-order valence-electron chi connectivity index (χ4n) is 5.44. The van der Waals surface area contributed by atoms with Gasteiger partial charge in [-0.05, 0) is 39.9 Å². The lowest BCUT2D eigenvalue weighted by Gasteiger charge is -2.37. The van der Waals surface area contributed by atoms with Gasteiger partial charge in [-0.25, -0.2) is 13.2 Å². The van der Waals surface area contributed by atoms with Crippen LogP contribution in [0.1, 0.15) is 17.0 Å². The summed E-state index contributed by atoms with van der Waals surface area (Å²) >= 11 is 1.09. The predicted molar refractivity (Wildman–Crippen MR) is 152 cm³/mol. The molecule has 0 radical (unpaired) electrons. The SMILES string of the molecule is O=C(O)[C@H]1CN(C(=O)OCC2c3ccccc3-c3ccccc32)CCN1S(=O)(=O)c1ccc(-c2ccccc2)s1. The van der Waals surface area contributed by atoms with Gasteiger partial charge in [-0.15, -0.1) is 11.3 Å². The third-order valence-corrected chi connectivity index (χ3v) is 10.9. The van der Waals surface area contributed by atoms with E-state index < -0.39 is 28.1 Å². The van der Waals surface area contributed by atoms with Gasteiger partial charge in [-0.3, -0.25) is 4.79 Å². The van der Waals surface area contributed by atoms with Crippen molar-refractivity contribution in [3.8, 4) is 21.6 Å². The molecular weight excluding hydrogens is 548 g/mol. The van der Waals surface area contributed by atoms with E-state index in [1.165, 1.54) is 11.0 Å². The topological polar surface area (TPSA) is 104 Å². The van der Waals surface area contributed by atoms with Crippen molar-refractivity contribution < 1.29 is 27.9 Å². The standard InChI is InChI=1S/C30H26N2O6S2/c33-29(34)26-18-31(16-17-32(26)40(36,37)28-15-14-27(39-28)20-8-2-1-3-9-20)30(35)38-19-25-23-12-6-4-10-21(23)22-11-5-7-13-24(22)25/h1-15,25-26H,16-19H2,(H,33,34)/t26-/m1/s1. The zero-order valence-corrected chi connectivity index (χ0v) is 23.0. The fraction of sp³-hybridized carbons (Fsp3) is 0.200. The van der Waals surface area contributed by atoms with Gasteiger partial charge >= 0.3 is 12.1 Å². The number of carboxylic acid groups (broad SMARTS) is 1. The van der Waals surface area contributed by atoms with Crippen molar-refractivity contribution in [3.63, 3.8) is 0 Å². The van der Waals surface area contributed by atoms with Crippen LogP contribution in [0.3, 0.4) is 0 Å². The second-order valence-corrected chi connectivity index (χ2v) is 12.9. The Kier molecular flexibility index (Phi) is 6.91. The quantitative estimate of drug-likeness (QED) is 0.343. The maximum Gasteiger partial charge on any atom is 0.409 e. The first-order chi connectivity index (χ1) is 19.3. The van der Waals surface area contributed by atoms with Crippen LogP contribution < -0.4 is 0 Å². The zero-order valence-electron chi connectivity index (χ0n) is 21.3. The van der Waals surface area contributed by atoms with Crippen molar-refractivity contribution >= 4 is 33.4 Å². The van der Waals surface area contributed by atoms with Gasteiger partial charge in [-0.1, -0.05) is 78.9 Å². The summed E-state index contributed by atoms with van der Waals surface area (Å²) in [5.41, 5.74) is 5.23. The molecule has 1 N–H and O–H groups in total. The molecule has 1 fully saturated rings. The second kappa shape index (κ2) is 10.5. The number of thiophene rings is 1. The summed E-state index contributed by atoms with van der Waals surface area (Å²) in [6, 6.07) is 27.1. The van der Waals surface area contributed by atoms with E-state index >= 15 is 0 Å². The molecule has 2 aliphatic rings. The van der Waals surface area contributed by atoms with E-state index in [1.807, 2.05) is 78.9 Å². The number of ether oxygens (including phenoxy) is 1. The number of hydrogen-bond donors (Lipinski definition) is 1. The molecule has 0 bridgehead atoms. The van der Waals surface area contributed by atoms with Crippen molar-refractivity contribution in [3.05, 3.63) is 102 Å². The Morgan fingerprint density at radius 1 is 0.850 bits per heavy atom. The normalized spacial score (nSPS) is 17.3. The minimum atomic E-state index is -4.09. The van der Waals surface area contributed by atoms with Crippen LogP contribution in [0.5, 0.6) is 0 Å². The molecule has 1 aliphatic heterocycles. The van der Waals surface area contributed by atoms with E-state index in [2.05, 4.69) is 0 Å². The number of carboxylic acids is 1. The van der Waals surface area contributed by atoms with Gasteiger partial charge in [-0.2, -0.15) is 4.31 Å². The van der Waals surface area contributed by atoms with Crippen LogP contribution >= 0.6 is 11.3 Å². The molecule has 40 heavy (non-hydrogen) atoms. The van der Waals surface area contributed by atoms with E-state index in [0.29, 0.717) is 0 Å². The van der Waals surface area contributed by atoms with E-state index in [4.69, 9.17) is 4.74 Å². The lowest BCUT2D eigenvalue weighted by Crippen LogP contribution is -2.59. The number of carbonyl (C=O) groups excluding carboxylic acids is 1. The number of benzene rings is 3. The Morgan fingerprint density at radius 2 is 1.48 bits per heavy atom. The van der Waals surface area contributed by atoms with Gasteiger partial charge in [0.05, 0.1) is 6.54 Å². The van der Waals surface area contributed by atoms with Crippen molar-refractivity contribution in [1.29, 1.82) is 0 Å². The number of hydrogen-bond acceptors (Lipinski definition) is 6. The molecule has 1 amide bonds. The molecule has 3 aromatic carbocycles. The summed E-state index contributed by atoms with van der Waals surface area (Å²) < 4.78 is 33.7. The van der Waals surface area contributed by atoms with Crippen LogP contribution in [-0.4, -0.2) is 67.1 Å². The molecule has 1 aliphatic carbocycles. The molecule has 204 valence electrons. The smallest absolute Gasteiger partial charge is 0.409 e. The Morgan fingerprint density at radius 3 is 2.12 bits per heavy atom. The Bertz CT molecular complexity index is 1640. The molecule has 8 nitrogen and oxygen atoms in total. The summed E-state index contributed by atoms with van der Waals surface area (Å²) in [4.78, 5) is 27.3. The number of nitrogens with zero attached hydrogens (tertiary/aromatic N) is 2. The monoisotopic (exact) mass is 574 g/mol. The summed E-state index contributed by atoms with van der Waals surface area (Å²) in [5.74, 6) is -1.45. The Labute approximate surface area is 236 Å². The predicted octanol–water partition coefficient (Wildman–Crippen LogP) is 5.12. The Hall–Kier alpha value is -3.99. The fourth-order valence-corrected chi connectivity index (χ4v) is 8.44. The highest BCUT2D eigenvalue weighted by molar-refractivity contribution is 7.91. The van der Waals surface area contributed by atoms with Gasteiger partial charge in [0.25, 0.3) is 10.0 Å². The van der Waals surface area contributed by atoms with Gasteiger partial charge in [0.2, 0.25) is 0 Å². The van der Waals surface area contributed by atoms with Gasteiger partial charge in [0.15, 0.2) is 0 Å². The number of carbonyl (C=O) groups is 2. The third kappa shape index (κ3) is 4.68. The minimum absolute atomic E-state index is 0.0244. The third-order valence-electron chi connectivity index (χ3n) is 7.41. The summed E-state index contributed by atoms with van der Waals surface area (Å²) in [6.45, 7) is -0.332. The maximum atomic E-state index is 13.5. The number of sulfonamides is 1. The molecule has 6 rings (SSSR count). The van der Waals surface area contributed by atoms with Crippen molar-refractivity contribution in [2.24, 2.45) is 0 Å². The molecule has 10 heteroatoms. The highest BCUT2D eigenvalue weighted by Gasteiger charge is 2.42. The van der Waals surface area contributed by atoms with Gasteiger partial charge < -0.3 is 14.7 Å². The van der Waals surface area contributed by atoms with Crippen LogP contribution in [-0.2, 0) is 19.6 Å². The molecule has 4 aromatic rings. The minimum Gasteiger partial charge on any atom is -0.480 e. The highest BCUT2D eigenvalue weighted by atomic mass is 32.2. The van der Waals surface area contributed by atoms with Crippen molar-refractivity contribution in [2.45, 2.75) is 16.2 Å². The molecule has 0 saturated carbocycles. The van der Waals surface area contributed by atoms with E-state index in [9.17, 15) is 23.1 Å². The zero-order chi connectivity index (χ0) is 27.9.